The Morgan fingerprint density at radius 3 is 2.20 bits per heavy atom. The van der Waals surface area contributed by atoms with Gasteiger partial charge < -0.3 is 9.47 Å². The summed E-state index contributed by atoms with van der Waals surface area (Å²) in [6, 6.07) is 20.0. The minimum atomic E-state index is -0.529. The van der Waals surface area contributed by atoms with Gasteiger partial charge in [0, 0.05) is 6.54 Å². The number of amides is 1. The summed E-state index contributed by atoms with van der Waals surface area (Å²) >= 11 is 0. The van der Waals surface area contributed by atoms with Gasteiger partial charge >= 0.3 is 6.09 Å². The molecule has 0 N–H and O–H groups in total. The molecule has 0 unspecified atom stereocenters. The lowest BCUT2D eigenvalue weighted by molar-refractivity contribution is -0.137. The lowest BCUT2D eigenvalue weighted by Gasteiger charge is -2.44. The van der Waals surface area contributed by atoms with Crippen LogP contribution in [0.3, 0.4) is 0 Å². The van der Waals surface area contributed by atoms with E-state index in [1.807, 2.05) is 81.4 Å². The van der Waals surface area contributed by atoms with E-state index in [1.165, 1.54) is 0 Å². The Morgan fingerprint density at radius 2 is 1.68 bits per heavy atom. The van der Waals surface area contributed by atoms with E-state index in [-0.39, 0.29) is 18.2 Å². The lowest BCUT2D eigenvalue weighted by Crippen LogP contribution is -2.54. The van der Waals surface area contributed by atoms with Crippen LogP contribution < -0.4 is 0 Å². The normalized spacial score (nSPS) is 19.8. The quantitative estimate of drug-likeness (QED) is 0.819. The van der Waals surface area contributed by atoms with Crippen LogP contribution in [0.4, 0.5) is 4.79 Å². The lowest BCUT2D eigenvalue weighted by atomic mass is 9.96. The van der Waals surface area contributed by atoms with Crippen molar-refractivity contribution in [3.63, 3.8) is 0 Å². The predicted octanol–water partition coefficient (Wildman–Crippen LogP) is 4.56. The van der Waals surface area contributed by atoms with Crippen molar-refractivity contribution >= 4 is 6.09 Å². The molecule has 1 aliphatic rings. The molecule has 2 aromatic carbocycles. The molecule has 3 rings (SSSR count). The zero-order chi connectivity index (χ0) is 17.9. The van der Waals surface area contributed by atoms with Gasteiger partial charge in [-0.25, -0.2) is 4.79 Å². The highest BCUT2D eigenvalue weighted by atomic mass is 16.6. The van der Waals surface area contributed by atoms with Gasteiger partial charge in [-0.3, -0.25) is 4.90 Å². The smallest absolute Gasteiger partial charge is 0.411 e. The molecule has 0 bridgehead atoms. The van der Waals surface area contributed by atoms with E-state index in [4.69, 9.17) is 9.47 Å². The Balaban J connectivity index is 1.82. The molecule has 2 atom stereocenters. The molecule has 1 aliphatic heterocycles. The number of benzene rings is 2. The van der Waals surface area contributed by atoms with Gasteiger partial charge in [0.15, 0.2) is 0 Å². The molecule has 1 fully saturated rings. The van der Waals surface area contributed by atoms with Gasteiger partial charge in [-0.1, -0.05) is 60.7 Å². The Morgan fingerprint density at radius 1 is 1.08 bits per heavy atom. The fourth-order valence-electron chi connectivity index (χ4n) is 2.91. The Bertz CT molecular complexity index is 694. The van der Waals surface area contributed by atoms with Crippen LogP contribution in [0.5, 0.6) is 0 Å². The van der Waals surface area contributed by atoms with E-state index < -0.39 is 5.60 Å². The van der Waals surface area contributed by atoms with Crippen molar-refractivity contribution in [3.05, 3.63) is 71.8 Å². The number of hydrogen-bond acceptors (Lipinski definition) is 3. The molecule has 0 aromatic heterocycles. The maximum absolute atomic E-state index is 12.8. The topological polar surface area (TPSA) is 38.8 Å². The second-order valence-corrected chi connectivity index (χ2v) is 7.33. The van der Waals surface area contributed by atoms with Crippen LogP contribution in [0.25, 0.3) is 0 Å². The monoisotopic (exact) mass is 339 g/mol. The second-order valence-electron chi connectivity index (χ2n) is 7.33. The summed E-state index contributed by atoms with van der Waals surface area (Å²) in [5.41, 5.74) is 1.63. The van der Waals surface area contributed by atoms with Crippen molar-refractivity contribution in [3.8, 4) is 0 Å². The van der Waals surface area contributed by atoms with Gasteiger partial charge in [0.05, 0.1) is 12.6 Å². The number of ether oxygens (including phenoxy) is 2. The molecule has 4 nitrogen and oxygen atoms in total. The molecule has 0 radical (unpaired) electrons. The van der Waals surface area contributed by atoms with Gasteiger partial charge in [-0.05, 0) is 31.9 Å². The molecular formula is C21H25NO3. The number of hydrogen-bond donors (Lipinski definition) is 0. The van der Waals surface area contributed by atoms with E-state index in [1.54, 1.807) is 4.90 Å². The average molecular weight is 339 g/mol. The second kappa shape index (κ2) is 7.28. The molecule has 0 saturated carbocycles. The molecular weight excluding hydrogens is 314 g/mol. The summed E-state index contributed by atoms with van der Waals surface area (Å²) in [7, 11) is 0. The van der Waals surface area contributed by atoms with E-state index in [0.29, 0.717) is 13.2 Å². The van der Waals surface area contributed by atoms with Crippen molar-refractivity contribution in [2.24, 2.45) is 0 Å². The maximum atomic E-state index is 12.8. The summed E-state index contributed by atoms with van der Waals surface area (Å²) in [5, 5.41) is 0. The minimum Gasteiger partial charge on any atom is -0.444 e. The van der Waals surface area contributed by atoms with Gasteiger partial charge in [-0.2, -0.15) is 0 Å². The van der Waals surface area contributed by atoms with Crippen molar-refractivity contribution in [2.75, 3.05) is 6.61 Å². The zero-order valence-corrected chi connectivity index (χ0v) is 15.0. The zero-order valence-electron chi connectivity index (χ0n) is 15.0. The maximum Gasteiger partial charge on any atom is 0.411 e. The number of carbonyl (C=O) groups is 1. The van der Waals surface area contributed by atoms with Crippen LogP contribution in [0.15, 0.2) is 60.7 Å². The van der Waals surface area contributed by atoms with Crippen molar-refractivity contribution in [1.29, 1.82) is 0 Å². The summed E-state index contributed by atoms with van der Waals surface area (Å²) < 4.78 is 11.4. The highest BCUT2D eigenvalue weighted by Gasteiger charge is 2.41. The number of carbonyl (C=O) groups excluding carboxylic acids is 1. The molecule has 4 heteroatoms. The van der Waals surface area contributed by atoms with Crippen molar-refractivity contribution < 1.29 is 14.3 Å². The van der Waals surface area contributed by atoms with Crippen LogP contribution >= 0.6 is 0 Å². The van der Waals surface area contributed by atoms with Crippen LogP contribution in [-0.2, 0) is 16.0 Å². The first-order valence-corrected chi connectivity index (χ1v) is 8.64. The minimum absolute atomic E-state index is 0.0301. The molecule has 0 aliphatic carbocycles. The third kappa shape index (κ3) is 4.40. The van der Waals surface area contributed by atoms with Gasteiger partial charge in [0.2, 0.25) is 0 Å². The fraction of sp³-hybridized carbons (Fsp3) is 0.381. The van der Waals surface area contributed by atoms with Crippen LogP contribution in [0.1, 0.15) is 38.0 Å². The van der Waals surface area contributed by atoms with Crippen LogP contribution in [0.2, 0.25) is 0 Å². The Kier molecular flexibility index (Phi) is 5.09. The first-order chi connectivity index (χ1) is 11.9. The molecule has 1 heterocycles. The first-order valence-electron chi connectivity index (χ1n) is 8.64. The van der Waals surface area contributed by atoms with E-state index >= 15 is 0 Å². The molecule has 132 valence electrons. The Hall–Kier alpha value is -2.33. The fourth-order valence-corrected chi connectivity index (χ4v) is 2.91. The van der Waals surface area contributed by atoms with Crippen LogP contribution in [0, 0.1) is 0 Å². The molecule has 25 heavy (non-hydrogen) atoms. The average Bonchev–Trinajstić information content (AvgIpc) is 2.53. The van der Waals surface area contributed by atoms with Gasteiger partial charge in [-0.15, -0.1) is 0 Å². The first kappa shape index (κ1) is 17.5. The summed E-state index contributed by atoms with van der Waals surface area (Å²) in [4.78, 5) is 14.6. The van der Waals surface area contributed by atoms with Crippen molar-refractivity contribution in [1.82, 2.24) is 4.90 Å². The van der Waals surface area contributed by atoms with E-state index in [9.17, 15) is 4.79 Å². The highest BCUT2D eigenvalue weighted by molar-refractivity contribution is 5.69. The third-order valence-corrected chi connectivity index (χ3v) is 4.15. The number of nitrogens with zero attached hydrogens (tertiary/aromatic N) is 1. The van der Waals surface area contributed by atoms with Gasteiger partial charge in [0.25, 0.3) is 0 Å². The molecule has 1 saturated heterocycles. The third-order valence-electron chi connectivity index (χ3n) is 4.15. The molecule has 0 spiro atoms. The summed E-state index contributed by atoms with van der Waals surface area (Å²) in [6.07, 6.45) is -0.414. The van der Waals surface area contributed by atoms with Gasteiger partial charge in [0.1, 0.15) is 11.7 Å². The molecule has 1 amide bonds. The summed E-state index contributed by atoms with van der Waals surface area (Å²) in [6.45, 7) is 6.69. The van der Waals surface area contributed by atoms with E-state index in [0.717, 1.165) is 11.1 Å². The SMILES string of the molecule is CC(C)(C)OC(=O)N(Cc1ccccc1)[C@@H]1CO[C@H]1c1ccccc1. The van der Waals surface area contributed by atoms with Crippen LogP contribution in [-0.4, -0.2) is 29.2 Å². The Labute approximate surface area is 149 Å². The highest BCUT2D eigenvalue weighted by Crippen LogP contribution is 2.35. The van der Waals surface area contributed by atoms with Crippen molar-refractivity contribution in [2.45, 2.75) is 45.1 Å². The summed E-state index contributed by atoms with van der Waals surface area (Å²) in [5.74, 6) is 0. The molecule has 2 aromatic rings. The number of rotatable bonds is 4. The largest absolute Gasteiger partial charge is 0.444 e. The standard InChI is InChI=1S/C21H25NO3/c1-21(2,3)25-20(23)22(14-16-10-6-4-7-11-16)18-15-24-19(18)17-12-8-5-9-13-17/h4-13,18-19H,14-15H2,1-3H3/t18-,19+/m1/s1. The van der Waals surface area contributed by atoms with E-state index in [2.05, 4.69) is 0 Å². The predicted molar refractivity (Wildman–Crippen MR) is 97.1 cm³/mol.